The monoisotopic (exact) mass is 286 g/mol. The molecular weight excluding hydrogens is 268 g/mol. The fraction of sp³-hybridized carbons (Fsp3) is 0.583. The smallest absolute Gasteiger partial charge is 0.408 e. The first-order valence-corrected chi connectivity index (χ1v) is 6.70. The van der Waals surface area contributed by atoms with Crippen molar-refractivity contribution in [2.75, 3.05) is 7.11 Å². The summed E-state index contributed by atoms with van der Waals surface area (Å²) in [5.74, 6) is -0.529. The SMILES string of the molecule is COC(=O)[C@@H](Cc1cscn1)NC(=O)OC(C)(C)C. The number of hydrogen-bond donors (Lipinski definition) is 1. The molecule has 0 bridgehead atoms. The van der Waals surface area contributed by atoms with Gasteiger partial charge in [-0.25, -0.2) is 14.6 Å². The van der Waals surface area contributed by atoms with E-state index >= 15 is 0 Å². The van der Waals surface area contributed by atoms with Gasteiger partial charge in [-0.15, -0.1) is 11.3 Å². The Labute approximate surface area is 116 Å². The minimum Gasteiger partial charge on any atom is -0.467 e. The molecule has 106 valence electrons. The predicted molar refractivity (Wildman–Crippen MR) is 71.0 cm³/mol. The number of nitrogens with one attached hydrogen (secondary N) is 1. The van der Waals surface area contributed by atoms with Crippen molar-refractivity contribution in [1.29, 1.82) is 0 Å². The molecule has 1 heterocycles. The number of methoxy groups -OCH3 is 1. The molecule has 0 saturated carbocycles. The Kier molecular flexibility index (Phi) is 5.29. The standard InChI is InChI=1S/C12H18N2O4S/c1-12(2,3)18-11(16)14-9(10(15)17-4)5-8-6-19-7-13-8/h6-7,9H,5H2,1-4H3,(H,14,16)/t9-/m1/s1. The average molecular weight is 286 g/mol. The molecule has 7 heteroatoms. The summed E-state index contributed by atoms with van der Waals surface area (Å²) in [5.41, 5.74) is 1.76. The highest BCUT2D eigenvalue weighted by Gasteiger charge is 2.25. The van der Waals surface area contributed by atoms with E-state index in [2.05, 4.69) is 15.0 Å². The quantitative estimate of drug-likeness (QED) is 0.853. The fourth-order valence-electron chi connectivity index (χ4n) is 1.33. The van der Waals surface area contributed by atoms with Crippen molar-refractivity contribution in [3.63, 3.8) is 0 Å². The molecule has 1 aromatic rings. The summed E-state index contributed by atoms with van der Waals surface area (Å²) in [6, 6.07) is -0.804. The first kappa shape index (κ1) is 15.4. The summed E-state index contributed by atoms with van der Waals surface area (Å²) in [6.45, 7) is 5.25. The van der Waals surface area contributed by atoms with Gasteiger partial charge in [0.25, 0.3) is 0 Å². The number of nitrogens with zero attached hydrogens (tertiary/aromatic N) is 1. The van der Waals surface area contributed by atoms with Crippen LogP contribution in [0, 0.1) is 0 Å². The fourth-order valence-corrected chi connectivity index (χ4v) is 1.90. The van der Waals surface area contributed by atoms with Crippen LogP contribution in [-0.4, -0.2) is 35.8 Å². The van der Waals surface area contributed by atoms with Crippen LogP contribution < -0.4 is 5.32 Å². The predicted octanol–water partition coefficient (Wildman–Crippen LogP) is 1.75. The van der Waals surface area contributed by atoms with Gasteiger partial charge < -0.3 is 14.8 Å². The van der Waals surface area contributed by atoms with Crippen molar-refractivity contribution in [2.24, 2.45) is 0 Å². The highest BCUT2D eigenvalue weighted by Crippen LogP contribution is 2.09. The van der Waals surface area contributed by atoms with Crippen LogP contribution >= 0.6 is 11.3 Å². The number of esters is 1. The van der Waals surface area contributed by atoms with Gasteiger partial charge in [0, 0.05) is 11.8 Å². The van der Waals surface area contributed by atoms with E-state index in [0.29, 0.717) is 0 Å². The molecule has 6 nitrogen and oxygen atoms in total. The van der Waals surface area contributed by atoms with Crippen LogP contribution in [0.3, 0.4) is 0 Å². The van der Waals surface area contributed by atoms with Gasteiger partial charge in [-0.05, 0) is 20.8 Å². The number of alkyl carbamates (subject to hydrolysis) is 1. The van der Waals surface area contributed by atoms with E-state index < -0.39 is 23.7 Å². The molecule has 1 aromatic heterocycles. The molecule has 1 amide bonds. The van der Waals surface area contributed by atoms with Crippen molar-refractivity contribution in [2.45, 2.75) is 38.8 Å². The van der Waals surface area contributed by atoms with Crippen LogP contribution in [0.4, 0.5) is 4.79 Å². The lowest BCUT2D eigenvalue weighted by atomic mass is 10.1. The Morgan fingerprint density at radius 3 is 2.63 bits per heavy atom. The molecule has 0 spiro atoms. The van der Waals surface area contributed by atoms with Crippen molar-refractivity contribution in [3.05, 3.63) is 16.6 Å². The molecule has 0 saturated heterocycles. The van der Waals surface area contributed by atoms with Crippen LogP contribution in [0.15, 0.2) is 10.9 Å². The number of amides is 1. The highest BCUT2D eigenvalue weighted by atomic mass is 32.1. The zero-order valence-electron chi connectivity index (χ0n) is 11.4. The van der Waals surface area contributed by atoms with Gasteiger partial charge in [-0.3, -0.25) is 0 Å². The molecule has 1 N–H and O–H groups in total. The first-order chi connectivity index (χ1) is 8.81. The maximum Gasteiger partial charge on any atom is 0.408 e. The molecule has 1 atom stereocenters. The minimum atomic E-state index is -0.804. The molecule has 0 aliphatic rings. The van der Waals surface area contributed by atoms with E-state index in [1.54, 1.807) is 26.3 Å². The Bertz CT molecular complexity index is 425. The highest BCUT2D eigenvalue weighted by molar-refractivity contribution is 7.07. The number of ether oxygens (including phenoxy) is 2. The van der Waals surface area contributed by atoms with Crippen LogP contribution in [-0.2, 0) is 20.7 Å². The minimum absolute atomic E-state index is 0.273. The lowest BCUT2D eigenvalue weighted by Crippen LogP contribution is -2.45. The first-order valence-electron chi connectivity index (χ1n) is 5.76. The molecule has 0 fully saturated rings. The topological polar surface area (TPSA) is 77.5 Å². The molecule has 0 aliphatic heterocycles. The molecule has 0 aliphatic carbocycles. The molecule has 1 rings (SSSR count). The molecule has 0 unspecified atom stereocenters. The van der Waals surface area contributed by atoms with Crippen molar-refractivity contribution in [1.82, 2.24) is 10.3 Å². The van der Waals surface area contributed by atoms with Gasteiger partial charge >= 0.3 is 12.1 Å². The lowest BCUT2D eigenvalue weighted by Gasteiger charge is -2.22. The largest absolute Gasteiger partial charge is 0.467 e. The number of aromatic nitrogens is 1. The van der Waals surface area contributed by atoms with Gasteiger partial charge in [0.1, 0.15) is 11.6 Å². The van der Waals surface area contributed by atoms with Crippen molar-refractivity contribution in [3.8, 4) is 0 Å². The van der Waals surface area contributed by atoms with Crippen LogP contribution in [0.2, 0.25) is 0 Å². The van der Waals surface area contributed by atoms with Crippen LogP contribution in [0.1, 0.15) is 26.5 Å². The summed E-state index contributed by atoms with van der Waals surface area (Å²) >= 11 is 1.42. The van der Waals surface area contributed by atoms with Gasteiger partial charge in [0.05, 0.1) is 18.3 Å². The van der Waals surface area contributed by atoms with Crippen LogP contribution in [0.5, 0.6) is 0 Å². The zero-order valence-corrected chi connectivity index (χ0v) is 12.2. The Hall–Kier alpha value is -1.63. The lowest BCUT2D eigenvalue weighted by molar-refractivity contribution is -0.143. The van der Waals surface area contributed by atoms with E-state index in [4.69, 9.17) is 4.74 Å². The third-order valence-corrected chi connectivity index (χ3v) is 2.71. The van der Waals surface area contributed by atoms with E-state index in [1.807, 2.05) is 5.38 Å². The van der Waals surface area contributed by atoms with Crippen molar-refractivity contribution >= 4 is 23.4 Å². The normalized spacial score (nSPS) is 12.6. The molecular formula is C12H18N2O4S. The zero-order chi connectivity index (χ0) is 14.5. The Balaban J connectivity index is 2.65. The summed E-state index contributed by atoms with van der Waals surface area (Å²) in [7, 11) is 1.27. The molecule has 19 heavy (non-hydrogen) atoms. The summed E-state index contributed by atoms with van der Waals surface area (Å²) in [6.07, 6.45) is -0.381. The second-order valence-electron chi connectivity index (χ2n) is 4.91. The molecule has 0 aromatic carbocycles. The second-order valence-corrected chi connectivity index (χ2v) is 5.62. The summed E-state index contributed by atoms with van der Waals surface area (Å²) in [4.78, 5) is 27.4. The maximum atomic E-state index is 11.7. The maximum absolute atomic E-state index is 11.7. The van der Waals surface area contributed by atoms with E-state index in [-0.39, 0.29) is 6.42 Å². The third kappa shape index (κ3) is 5.69. The number of hydrogen-bond acceptors (Lipinski definition) is 6. The third-order valence-electron chi connectivity index (χ3n) is 2.07. The van der Waals surface area contributed by atoms with Gasteiger partial charge in [0.2, 0.25) is 0 Å². The van der Waals surface area contributed by atoms with Gasteiger partial charge in [-0.2, -0.15) is 0 Å². The molecule has 0 radical (unpaired) electrons. The number of carbonyl (C=O) groups excluding carboxylic acids is 2. The summed E-state index contributed by atoms with van der Waals surface area (Å²) in [5, 5.41) is 4.30. The van der Waals surface area contributed by atoms with Gasteiger partial charge in [-0.1, -0.05) is 0 Å². The average Bonchev–Trinajstić information content (AvgIpc) is 2.77. The van der Waals surface area contributed by atoms with E-state index in [1.165, 1.54) is 18.4 Å². The van der Waals surface area contributed by atoms with E-state index in [9.17, 15) is 9.59 Å². The number of thiazole rings is 1. The number of rotatable bonds is 4. The Morgan fingerprint density at radius 2 is 2.16 bits per heavy atom. The van der Waals surface area contributed by atoms with Gasteiger partial charge in [0.15, 0.2) is 0 Å². The number of carbonyl (C=O) groups is 2. The van der Waals surface area contributed by atoms with E-state index in [0.717, 1.165) is 5.69 Å². The Morgan fingerprint density at radius 1 is 1.47 bits per heavy atom. The second kappa shape index (κ2) is 6.51. The van der Waals surface area contributed by atoms with Crippen LogP contribution in [0.25, 0.3) is 0 Å². The van der Waals surface area contributed by atoms with Crippen molar-refractivity contribution < 1.29 is 19.1 Å². The summed E-state index contributed by atoms with van der Waals surface area (Å²) < 4.78 is 9.76.